The van der Waals surface area contributed by atoms with E-state index >= 15 is 0 Å². The number of carboxylic acids is 1. The zero-order chi connectivity index (χ0) is 20.3. The number of hydrogen-bond acceptors (Lipinski definition) is 10. The Hall–Kier alpha value is -2.24. The second-order valence-electron chi connectivity index (χ2n) is 5.78. The van der Waals surface area contributed by atoms with E-state index in [1.807, 2.05) is 5.40 Å². The van der Waals surface area contributed by atoms with Crippen LogP contribution in [0.25, 0.3) is 0 Å². The van der Waals surface area contributed by atoms with Gasteiger partial charge in [0.05, 0.1) is 0 Å². The van der Waals surface area contributed by atoms with Crippen LogP contribution in [0, 0.1) is 10.7 Å². The molecular weight excluding hydrogens is 426 g/mol. The SMILES string of the molecule is Cn1nnnc1SCC1=C(C(=O)O)N2C(=O)[C@@H](NC(=O)CCSC#N)[C@H]2SC1. The molecule has 0 radical (unpaired) electrons. The van der Waals surface area contributed by atoms with Gasteiger partial charge in [-0.1, -0.05) is 11.8 Å². The van der Waals surface area contributed by atoms with Crippen molar-refractivity contribution < 1.29 is 19.5 Å². The Bertz CT molecular complexity index is 881. The number of amides is 2. The van der Waals surface area contributed by atoms with Crippen LogP contribution in [0.3, 0.4) is 0 Å². The maximum absolute atomic E-state index is 12.5. The topological polar surface area (TPSA) is 154 Å². The molecule has 0 aliphatic carbocycles. The van der Waals surface area contributed by atoms with E-state index in [0.717, 1.165) is 11.8 Å². The van der Waals surface area contributed by atoms with Crippen molar-refractivity contribution >= 4 is 53.1 Å². The largest absolute Gasteiger partial charge is 0.477 e. The summed E-state index contributed by atoms with van der Waals surface area (Å²) in [5.41, 5.74) is 0.562. The zero-order valence-electron chi connectivity index (χ0n) is 14.6. The lowest BCUT2D eigenvalue weighted by Gasteiger charge is -2.49. The molecule has 1 aromatic rings. The molecule has 14 heteroatoms. The number of carbonyl (C=O) groups excluding carboxylic acids is 2. The number of aromatic nitrogens is 4. The maximum atomic E-state index is 12.5. The molecule has 0 saturated carbocycles. The van der Waals surface area contributed by atoms with Crippen molar-refractivity contribution in [1.29, 1.82) is 5.26 Å². The van der Waals surface area contributed by atoms with E-state index in [9.17, 15) is 19.5 Å². The van der Waals surface area contributed by atoms with Gasteiger partial charge < -0.3 is 10.4 Å². The number of tetrazole rings is 1. The van der Waals surface area contributed by atoms with E-state index in [1.165, 1.54) is 33.1 Å². The van der Waals surface area contributed by atoms with Crippen LogP contribution in [0.1, 0.15) is 6.42 Å². The van der Waals surface area contributed by atoms with Crippen molar-refractivity contribution in [2.45, 2.75) is 23.0 Å². The minimum atomic E-state index is -1.18. The van der Waals surface area contributed by atoms with Crippen LogP contribution in [-0.4, -0.2) is 76.7 Å². The second kappa shape index (κ2) is 8.84. The summed E-state index contributed by atoms with van der Waals surface area (Å²) in [5.74, 6) is -0.867. The van der Waals surface area contributed by atoms with Gasteiger partial charge in [-0.15, -0.1) is 16.9 Å². The summed E-state index contributed by atoms with van der Waals surface area (Å²) >= 11 is 3.66. The van der Waals surface area contributed by atoms with Gasteiger partial charge in [-0.25, -0.2) is 9.48 Å². The Morgan fingerprint density at radius 2 is 2.29 bits per heavy atom. The third kappa shape index (κ3) is 4.10. The number of thiocyanates is 1. The number of nitriles is 1. The first-order valence-corrected chi connectivity index (χ1v) is 11.0. The Labute approximate surface area is 172 Å². The molecule has 0 spiro atoms. The minimum Gasteiger partial charge on any atom is -0.477 e. The normalized spacial score (nSPS) is 21.0. The molecule has 1 fully saturated rings. The number of rotatable bonds is 8. The highest BCUT2D eigenvalue weighted by atomic mass is 32.2. The summed E-state index contributed by atoms with van der Waals surface area (Å²) in [4.78, 5) is 37.5. The van der Waals surface area contributed by atoms with Crippen molar-refractivity contribution in [3.05, 3.63) is 11.3 Å². The number of aliphatic carboxylic acids is 1. The fourth-order valence-corrected chi connectivity index (χ4v) is 5.44. The number of carboxylic acid groups (broad SMARTS) is 1. The van der Waals surface area contributed by atoms with Gasteiger partial charge in [0, 0.05) is 30.7 Å². The molecule has 28 heavy (non-hydrogen) atoms. The Balaban J connectivity index is 1.67. The first-order chi connectivity index (χ1) is 13.4. The highest BCUT2D eigenvalue weighted by molar-refractivity contribution is 8.03. The quantitative estimate of drug-likeness (QED) is 0.235. The minimum absolute atomic E-state index is 0.0399. The molecular formula is C14H15N7O4S3. The van der Waals surface area contributed by atoms with Crippen molar-refractivity contribution in [1.82, 2.24) is 30.4 Å². The fourth-order valence-electron chi connectivity index (χ4n) is 2.72. The average molecular weight is 442 g/mol. The smallest absolute Gasteiger partial charge is 0.352 e. The van der Waals surface area contributed by atoms with E-state index in [4.69, 9.17) is 5.26 Å². The molecule has 0 unspecified atom stereocenters. The number of β-lactam (4-membered cyclic amide) rings is 1. The van der Waals surface area contributed by atoms with Gasteiger partial charge in [-0.2, -0.15) is 5.26 Å². The van der Waals surface area contributed by atoms with Crippen LogP contribution in [-0.2, 0) is 21.4 Å². The molecule has 3 heterocycles. The summed E-state index contributed by atoms with van der Waals surface area (Å²) < 4.78 is 1.48. The fraction of sp³-hybridized carbons (Fsp3) is 0.500. The van der Waals surface area contributed by atoms with E-state index in [-0.39, 0.29) is 18.0 Å². The lowest BCUT2D eigenvalue weighted by atomic mass is 10.0. The molecule has 148 valence electrons. The van der Waals surface area contributed by atoms with Crippen LogP contribution in [0.5, 0.6) is 0 Å². The number of fused-ring (bicyclic) bond motifs is 1. The van der Waals surface area contributed by atoms with Gasteiger partial charge in [-0.3, -0.25) is 14.5 Å². The van der Waals surface area contributed by atoms with Crippen LogP contribution in [0.15, 0.2) is 16.4 Å². The zero-order valence-corrected chi connectivity index (χ0v) is 17.0. The molecule has 2 atom stereocenters. The first kappa shape index (κ1) is 20.5. The highest BCUT2D eigenvalue weighted by Gasteiger charge is 2.54. The Morgan fingerprint density at radius 1 is 1.50 bits per heavy atom. The van der Waals surface area contributed by atoms with Gasteiger partial charge in [-0.05, 0) is 27.8 Å². The van der Waals surface area contributed by atoms with Gasteiger partial charge in [0.25, 0.3) is 5.91 Å². The van der Waals surface area contributed by atoms with Gasteiger partial charge in [0.2, 0.25) is 11.1 Å². The van der Waals surface area contributed by atoms with Crippen molar-refractivity contribution in [2.75, 3.05) is 17.3 Å². The van der Waals surface area contributed by atoms with Gasteiger partial charge in [0.15, 0.2) is 0 Å². The predicted molar refractivity (Wildman–Crippen MR) is 102 cm³/mol. The standard InChI is InChI=1S/C14H15N7O4S3/c1-20-14(17-18-19-20)28-5-7-4-27-12-9(16-8(22)2-3-26-6-15)11(23)21(12)10(7)13(24)25/h9,12H,2-5H2,1H3,(H,16,22)(H,24,25)/t9-,12-/m1/s1. The first-order valence-electron chi connectivity index (χ1n) is 7.99. The number of nitrogens with zero attached hydrogens (tertiary/aromatic N) is 6. The van der Waals surface area contributed by atoms with E-state index in [0.29, 0.717) is 28.0 Å². The number of thioether (sulfide) groups is 3. The van der Waals surface area contributed by atoms with Crippen LogP contribution in [0.4, 0.5) is 0 Å². The Kier molecular flexibility index (Phi) is 6.47. The lowest BCUT2D eigenvalue weighted by Crippen LogP contribution is -2.70. The summed E-state index contributed by atoms with van der Waals surface area (Å²) in [6.07, 6.45) is 0.120. The molecule has 1 aromatic heterocycles. The molecule has 1 saturated heterocycles. The third-order valence-electron chi connectivity index (χ3n) is 4.02. The summed E-state index contributed by atoms with van der Waals surface area (Å²) in [7, 11) is 1.68. The number of carbonyl (C=O) groups is 3. The molecule has 0 bridgehead atoms. The average Bonchev–Trinajstić information content (AvgIpc) is 3.08. The van der Waals surface area contributed by atoms with E-state index in [1.54, 1.807) is 7.05 Å². The molecule has 2 aliphatic rings. The van der Waals surface area contributed by atoms with E-state index < -0.39 is 23.3 Å². The van der Waals surface area contributed by atoms with Gasteiger partial charge in [0.1, 0.15) is 22.5 Å². The molecule has 3 rings (SSSR count). The second-order valence-corrected chi connectivity index (χ2v) is 8.70. The Morgan fingerprint density at radius 3 is 2.93 bits per heavy atom. The van der Waals surface area contributed by atoms with Crippen LogP contribution < -0.4 is 5.32 Å². The molecule has 2 amide bonds. The van der Waals surface area contributed by atoms with Crippen molar-refractivity contribution in [2.24, 2.45) is 7.05 Å². The third-order valence-corrected chi connectivity index (χ3v) is 6.99. The number of hydrogen-bond donors (Lipinski definition) is 2. The van der Waals surface area contributed by atoms with Gasteiger partial charge >= 0.3 is 5.97 Å². The van der Waals surface area contributed by atoms with E-state index in [2.05, 4.69) is 20.8 Å². The highest BCUT2D eigenvalue weighted by Crippen LogP contribution is 2.41. The molecule has 11 nitrogen and oxygen atoms in total. The van der Waals surface area contributed by atoms with Crippen LogP contribution >= 0.6 is 35.3 Å². The van der Waals surface area contributed by atoms with Crippen molar-refractivity contribution in [3.63, 3.8) is 0 Å². The number of nitrogens with one attached hydrogen (secondary N) is 1. The number of aryl methyl sites for hydroxylation is 1. The summed E-state index contributed by atoms with van der Waals surface area (Å²) in [6.45, 7) is 0. The monoisotopic (exact) mass is 441 g/mol. The molecule has 0 aromatic carbocycles. The maximum Gasteiger partial charge on any atom is 0.352 e. The summed E-state index contributed by atoms with van der Waals surface area (Å²) in [5, 5.41) is 33.8. The lowest BCUT2D eigenvalue weighted by molar-refractivity contribution is -0.150. The van der Waals surface area contributed by atoms with Crippen molar-refractivity contribution in [3.8, 4) is 5.40 Å². The summed E-state index contributed by atoms with van der Waals surface area (Å²) in [6, 6.07) is -0.754. The van der Waals surface area contributed by atoms with Crippen LogP contribution in [0.2, 0.25) is 0 Å². The molecule has 2 N–H and O–H groups in total. The predicted octanol–water partition coefficient (Wildman–Crippen LogP) is -0.355. The molecule has 2 aliphatic heterocycles.